The molecule has 2 aliphatic heterocycles. The molecule has 0 aliphatic carbocycles. The maximum absolute atomic E-state index is 9.62. The zero-order chi connectivity index (χ0) is 16.9. The van der Waals surface area contributed by atoms with Crippen LogP contribution in [0.1, 0.15) is 59.3 Å². The molecule has 1 N–H and O–H groups in total. The highest BCUT2D eigenvalue weighted by Gasteiger charge is 2.37. The molecule has 4 nitrogen and oxygen atoms in total. The van der Waals surface area contributed by atoms with Gasteiger partial charge in [-0.25, -0.2) is 0 Å². The molecule has 0 aromatic carbocycles. The van der Waals surface area contributed by atoms with Crippen LogP contribution in [0.5, 0.6) is 0 Å². The minimum Gasteiger partial charge on any atom is -0.306 e. The Balaban J connectivity index is 1.67. The topological polar surface area (TPSA) is 42.3 Å². The Kier molecular flexibility index (Phi) is 6.48. The highest BCUT2D eigenvalue weighted by atomic mass is 15.2. The molecule has 0 bridgehead atoms. The first-order chi connectivity index (χ1) is 10.8. The fraction of sp³-hybridized carbons (Fsp3) is 0.947. The predicted molar refractivity (Wildman–Crippen MR) is 96.4 cm³/mol. The smallest absolute Gasteiger partial charge is 0.109 e. The van der Waals surface area contributed by atoms with Crippen molar-refractivity contribution in [1.82, 2.24) is 15.1 Å². The number of nitriles is 1. The molecule has 4 heteroatoms. The first kappa shape index (κ1) is 18.7. The van der Waals surface area contributed by atoms with E-state index in [4.69, 9.17) is 0 Å². The van der Waals surface area contributed by atoms with Crippen LogP contribution in [0.15, 0.2) is 0 Å². The molecule has 2 saturated heterocycles. The van der Waals surface area contributed by atoms with Gasteiger partial charge in [-0.1, -0.05) is 0 Å². The molecule has 0 amide bonds. The van der Waals surface area contributed by atoms with Crippen molar-refractivity contribution in [1.29, 1.82) is 5.26 Å². The molecule has 0 aromatic rings. The van der Waals surface area contributed by atoms with Crippen molar-refractivity contribution in [3.63, 3.8) is 0 Å². The van der Waals surface area contributed by atoms with E-state index in [0.29, 0.717) is 0 Å². The summed E-state index contributed by atoms with van der Waals surface area (Å²) in [5.74, 6) is 0.941. The van der Waals surface area contributed by atoms with Crippen molar-refractivity contribution < 1.29 is 0 Å². The van der Waals surface area contributed by atoms with Crippen LogP contribution in [0.25, 0.3) is 0 Å². The van der Waals surface area contributed by atoms with Crippen LogP contribution in [-0.4, -0.2) is 60.6 Å². The Morgan fingerprint density at radius 3 is 2.26 bits per heavy atom. The van der Waals surface area contributed by atoms with Gasteiger partial charge in [-0.2, -0.15) is 5.26 Å². The summed E-state index contributed by atoms with van der Waals surface area (Å²) in [5, 5.41) is 13.2. The van der Waals surface area contributed by atoms with Gasteiger partial charge >= 0.3 is 0 Å². The van der Waals surface area contributed by atoms with E-state index < -0.39 is 0 Å². The molecule has 0 aromatic heterocycles. The number of likely N-dealkylation sites (tertiary alicyclic amines) is 2. The van der Waals surface area contributed by atoms with E-state index in [1.54, 1.807) is 0 Å². The minimum absolute atomic E-state index is 0.00599. The lowest BCUT2D eigenvalue weighted by atomic mass is 9.86. The molecule has 0 radical (unpaired) electrons. The van der Waals surface area contributed by atoms with Crippen LogP contribution >= 0.6 is 0 Å². The number of nitrogens with one attached hydrogen (secondary N) is 1. The molecule has 2 fully saturated rings. The Bertz CT molecular complexity index is 391. The lowest BCUT2D eigenvalue weighted by Gasteiger charge is -2.41. The second-order valence-corrected chi connectivity index (χ2v) is 8.80. The summed E-state index contributed by atoms with van der Waals surface area (Å²) in [6.45, 7) is 12.3. The first-order valence-electron chi connectivity index (χ1n) is 9.43. The zero-order valence-electron chi connectivity index (χ0n) is 15.7. The van der Waals surface area contributed by atoms with E-state index in [-0.39, 0.29) is 11.1 Å². The molecule has 2 rings (SSSR count). The van der Waals surface area contributed by atoms with Crippen LogP contribution in [0.3, 0.4) is 0 Å². The van der Waals surface area contributed by atoms with Crippen LogP contribution in [0.2, 0.25) is 0 Å². The summed E-state index contributed by atoms with van der Waals surface area (Å²) < 4.78 is 0. The zero-order valence-corrected chi connectivity index (χ0v) is 15.7. The third-order valence-corrected chi connectivity index (χ3v) is 5.46. The first-order valence-corrected chi connectivity index (χ1v) is 9.43. The van der Waals surface area contributed by atoms with Crippen molar-refractivity contribution in [3.05, 3.63) is 0 Å². The highest BCUT2D eigenvalue weighted by molar-refractivity contribution is 5.11. The Morgan fingerprint density at radius 1 is 1.13 bits per heavy atom. The molecule has 2 aliphatic rings. The summed E-state index contributed by atoms with van der Waals surface area (Å²) in [7, 11) is 2.23. The van der Waals surface area contributed by atoms with E-state index in [9.17, 15) is 5.26 Å². The number of piperidine rings is 2. The third-order valence-electron chi connectivity index (χ3n) is 5.46. The number of rotatable bonds is 5. The van der Waals surface area contributed by atoms with Crippen LogP contribution in [-0.2, 0) is 0 Å². The van der Waals surface area contributed by atoms with Crippen LogP contribution < -0.4 is 5.32 Å². The fourth-order valence-corrected chi connectivity index (χ4v) is 4.10. The summed E-state index contributed by atoms with van der Waals surface area (Å²) in [6.07, 6.45) is 7.37. The maximum atomic E-state index is 9.62. The lowest BCUT2D eigenvalue weighted by molar-refractivity contribution is 0.139. The molecule has 132 valence electrons. The van der Waals surface area contributed by atoms with E-state index in [0.717, 1.165) is 31.8 Å². The van der Waals surface area contributed by atoms with Crippen molar-refractivity contribution in [2.45, 2.75) is 70.4 Å². The van der Waals surface area contributed by atoms with Gasteiger partial charge in [0.05, 0.1) is 6.07 Å². The van der Waals surface area contributed by atoms with E-state index in [2.05, 4.69) is 49.0 Å². The van der Waals surface area contributed by atoms with Gasteiger partial charge < -0.3 is 9.80 Å². The van der Waals surface area contributed by atoms with Crippen molar-refractivity contribution in [2.75, 3.05) is 39.8 Å². The van der Waals surface area contributed by atoms with Gasteiger partial charge in [0.15, 0.2) is 0 Å². The van der Waals surface area contributed by atoms with Crippen molar-refractivity contribution >= 4 is 0 Å². The second-order valence-electron chi connectivity index (χ2n) is 8.80. The lowest BCUT2D eigenvalue weighted by Crippen LogP contribution is -2.58. The van der Waals surface area contributed by atoms with E-state index in [1.807, 2.05) is 0 Å². The average Bonchev–Trinajstić information content (AvgIpc) is 2.50. The van der Waals surface area contributed by atoms with Gasteiger partial charge in [-0.15, -0.1) is 0 Å². The highest BCUT2D eigenvalue weighted by Crippen LogP contribution is 2.26. The van der Waals surface area contributed by atoms with Crippen LogP contribution in [0, 0.1) is 17.2 Å². The van der Waals surface area contributed by atoms with Gasteiger partial charge in [0.1, 0.15) is 5.54 Å². The molecule has 0 spiro atoms. The summed E-state index contributed by atoms with van der Waals surface area (Å²) >= 11 is 0. The number of hydrogen-bond acceptors (Lipinski definition) is 4. The Hall–Kier alpha value is -0.630. The van der Waals surface area contributed by atoms with Crippen molar-refractivity contribution in [3.8, 4) is 6.07 Å². The summed E-state index contributed by atoms with van der Waals surface area (Å²) in [4.78, 5) is 5.01. The van der Waals surface area contributed by atoms with Gasteiger partial charge in [-0.05, 0) is 91.9 Å². The second kappa shape index (κ2) is 7.96. The van der Waals surface area contributed by atoms with E-state index >= 15 is 0 Å². The largest absolute Gasteiger partial charge is 0.306 e. The normalized spacial score (nSPS) is 24.5. The predicted octanol–water partition coefficient (Wildman–Crippen LogP) is 2.85. The minimum atomic E-state index is -0.317. The molecule has 23 heavy (non-hydrogen) atoms. The third kappa shape index (κ3) is 6.06. The summed E-state index contributed by atoms with van der Waals surface area (Å²) in [5.41, 5.74) is -0.311. The van der Waals surface area contributed by atoms with Gasteiger partial charge in [0, 0.05) is 18.6 Å². The van der Waals surface area contributed by atoms with Gasteiger partial charge in [-0.3, -0.25) is 5.32 Å². The molecule has 0 unspecified atom stereocenters. The average molecular weight is 321 g/mol. The molecular weight excluding hydrogens is 284 g/mol. The molecule has 0 saturated carbocycles. The molecular formula is C19H36N4. The Labute approximate surface area is 143 Å². The number of hydrogen-bond donors (Lipinski definition) is 1. The van der Waals surface area contributed by atoms with Crippen molar-refractivity contribution in [2.24, 2.45) is 5.92 Å². The number of nitrogens with zero attached hydrogens (tertiary/aromatic N) is 3. The van der Waals surface area contributed by atoms with Crippen LogP contribution in [0.4, 0.5) is 0 Å². The van der Waals surface area contributed by atoms with Gasteiger partial charge in [0.2, 0.25) is 0 Å². The SMILES string of the molecule is CN1CCC(CCCN2CCC(C#N)(NC(C)(C)C)CC2)CC1. The van der Waals surface area contributed by atoms with Gasteiger partial charge in [0.25, 0.3) is 0 Å². The Morgan fingerprint density at radius 2 is 1.74 bits per heavy atom. The molecule has 0 atom stereocenters. The fourth-order valence-electron chi connectivity index (χ4n) is 4.10. The van der Waals surface area contributed by atoms with E-state index in [1.165, 1.54) is 45.3 Å². The summed E-state index contributed by atoms with van der Waals surface area (Å²) in [6, 6.07) is 2.56. The standard InChI is InChI=1S/C19H36N4/c1-18(2,3)21-19(16-20)9-14-23(15-10-19)11-5-6-17-7-12-22(4)13-8-17/h17,21H,5-15H2,1-4H3. The maximum Gasteiger partial charge on any atom is 0.109 e. The monoisotopic (exact) mass is 320 g/mol. The quantitative estimate of drug-likeness (QED) is 0.846. The molecule has 2 heterocycles.